The number of guanidine groups is 1. The summed E-state index contributed by atoms with van der Waals surface area (Å²) in [5.41, 5.74) is 2.29. The molecule has 0 aromatic heterocycles. The lowest BCUT2D eigenvalue weighted by molar-refractivity contribution is 0.0392. The van der Waals surface area contributed by atoms with E-state index in [2.05, 4.69) is 39.7 Å². The number of halogens is 1. The van der Waals surface area contributed by atoms with Crippen LogP contribution in [-0.4, -0.2) is 57.4 Å². The van der Waals surface area contributed by atoms with Crippen molar-refractivity contribution in [3.8, 4) is 5.75 Å². The van der Waals surface area contributed by atoms with E-state index in [1.165, 1.54) is 0 Å². The Hall–Kier alpha value is -2.28. The van der Waals surface area contributed by atoms with Crippen LogP contribution in [0.5, 0.6) is 5.75 Å². The third kappa shape index (κ3) is 8.05. The van der Waals surface area contributed by atoms with Gasteiger partial charge in [0.15, 0.2) is 5.96 Å². The first-order valence-corrected chi connectivity index (χ1v) is 11.2. The number of likely N-dealkylation sites (N-methyl/N-ethyl adjacent to an activating group) is 1. The molecule has 0 unspecified atom stereocenters. The van der Waals surface area contributed by atoms with E-state index in [1.807, 2.05) is 36.4 Å². The fourth-order valence-corrected chi connectivity index (χ4v) is 3.68. The van der Waals surface area contributed by atoms with Gasteiger partial charge < -0.3 is 20.1 Å². The zero-order valence-corrected chi connectivity index (χ0v) is 19.2. The van der Waals surface area contributed by atoms with Crippen LogP contribution in [-0.2, 0) is 17.8 Å². The monoisotopic (exact) mass is 444 g/mol. The van der Waals surface area contributed by atoms with Crippen molar-refractivity contribution in [3.05, 3.63) is 64.7 Å². The summed E-state index contributed by atoms with van der Waals surface area (Å²) in [4.78, 5) is 6.67. The predicted molar refractivity (Wildman–Crippen MR) is 127 cm³/mol. The molecule has 1 aliphatic heterocycles. The number of aliphatic imine (C=N–C) groups is 1. The van der Waals surface area contributed by atoms with Gasteiger partial charge in [-0.3, -0.25) is 9.89 Å². The fourth-order valence-electron chi connectivity index (χ4n) is 3.56. The van der Waals surface area contributed by atoms with Gasteiger partial charge in [0.05, 0.1) is 0 Å². The maximum absolute atomic E-state index is 6.00. The summed E-state index contributed by atoms with van der Waals surface area (Å²) in [7, 11) is 3.94. The molecule has 2 aromatic carbocycles. The molecule has 0 atom stereocenters. The van der Waals surface area contributed by atoms with Crippen molar-refractivity contribution in [1.82, 2.24) is 15.5 Å². The third-order valence-corrected chi connectivity index (χ3v) is 5.73. The van der Waals surface area contributed by atoms with Crippen molar-refractivity contribution < 1.29 is 9.47 Å². The van der Waals surface area contributed by atoms with Crippen LogP contribution in [0, 0.1) is 0 Å². The van der Waals surface area contributed by atoms with Crippen molar-refractivity contribution in [3.63, 3.8) is 0 Å². The molecule has 2 N–H and O–H groups in total. The number of ether oxygens (including phenoxy) is 2. The second-order valence-corrected chi connectivity index (χ2v) is 8.16. The van der Waals surface area contributed by atoms with E-state index in [1.54, 1.807) is 7.05 Å². The van der Waals surface area contributed by atoms with Crippen molar-refractivity contribution in [2.45, 2.75) is 32.0 Å². The maximum atomic E-state index is 6.00. The van der Waals surface area contributed by atoms with Crippen molar-refractivity contribution in [1.29, 1.82) is 0 Å². The molecule has 31 heavy (non-hydrogen) atoms. The molecular weight excluding hydrogens is 412 g/mol. The first-order valence-electron chi connectivity index (χ1n) is 10.8. The van der Waals surface area contributed by atoms with Gasteiger partial charge in [0, 0.05) is 51.0 Å². The summed E-state index contributed by atoms with van der Waals surface area (Å²) in [6, 6.07) is 16.6. The van der Waals surface area contributed by atoms with Crippen LogP contribution in [0.3, 0.4) is 0 Å². The molecule has 168 valence electrons. The van der Waals surface area contributed by atoms with Crippen molar-refractivity contribution in [2.24, 2.45) is 4.99 Å². The Morgan fingerprint density at radius 3 is 2.52 bits per heavy atom. The largest absolute Gasteiger partial charge is 0.492 e. The molecule has 6 nitrogen and oxygen atoms in total. The van der Waals surface area contributed by atoms with Gasteiger partial charge in [-0.25, -0.2) is 0 Å². The van der Waals surface area contributed by atoms with Crippen LogP contribution in [0.15, 0.2) is 53.5 Å². The second-order valence-electron chi connectivity index (χ2n) is 7.73. The topological polar surface area (TPSA) is 58.1 Å². The zero-order chi connectivity index (χ0) is 21.9. The van der Waals surface area contributed by atoms with Gasteiger partial charge in [-0.1, -0.05) is 35.9 Å². The van der Waals surface area contributed by atoms with E-state index in [4.69, 9.17) is 21.1 Å². The maximum Gasteiger partial charge on any atom is 0.191 e. The first kappa shape index (κ1) is 23.4. The van der Waals surface area contributed by atoms with E-state index in [-0.39, 0.29) is 0 Å². The molecule has 0 spiro atoms. The summed E-state index contributed by atoms with van der Waals surface area (Å²) in [6.07, 6.45) is 2.20. The standard InChI is InChI=1S/C24H33ClN4O2/c1-26-24(27-17-19-6-8-21(25)9-7-19)28-18-20-4-3-5-23(16-20)31-15-12-29(2)22-10-13-30-14-11-22/h3-9,16,22H,10-15,17-18H2,1-2H3,(H2,26,27,28). The molecular formula is C24H33ClN4O2. The SMILES string of the molecule is CN=C(NCc1ccc(Cl)cc1)NCc1cccc(OCCN(C)C2CCOCC2)c1. The highest BCUT2D eigenvalue weighted by atomic mass is 35.5. The predicted octanol–water partition coefficient (Wildman–Crippen LogP) is 3.69. The Kier molecular flexibility index (Phi) is 9.46. The molecule has 1 aliphatic rings. The van der Waals surface area contributed by atoms with E-state index in [0.29, 0.717) is 25.7 Å². The number of hydrogen-bond acceptors (Lipinski definition) is 4. The van der Waals surface area contributed by atoms with Crippen LogP contribution < -0.4 is 15.4 Å². The van der Waals surface area contributed by atoms with Gasteiger partial charge in [-0.2, -0.15) is 0 Å². The molecule has 0 amide bonds. The summed E-state index contributed by atoms with van der Waals surface area (Å²) in [6.45, 7) is 4.66. The Bertz CT molecular complexity index is 823. The molecule has 3 rings (SSSR count). The fraction of sp³-hybridized carbons (Fsp3) is 0.458. The number of rotatable bonds is 9. The molecule has 0 saturated carbocycles. The lowest BCUT2D eigenvalue weighted by atomic mass is 10.1. The van der Waals surface area contributed by atoms with Gasteiger partial charge in [0.1, 0.15) is 12.4 Å². The van der Waals surface area contributed by atoms with Crippen molar-refractivity contribution in [2.75, 3.05) is 40.5 Å². The van der Waals surface area contributed by atoms with E-state index in [0.717, 1.165) is 60.5 Å². The molecule has 0 bridgehead atoms. The van der Waals surface area contributed by atoms with Crippen LogP contribution in [0.4, 0.5) is 0 Å². The minimum absolute atomic E-state index is 0.597. The van der Waals surface area contributed by atoms with Crippen LogP contribution >= 0.6 is 11.6 Å². The zero-order valence-electron chi connectivity index (χ0n) is 18.4. The third-order valence-electron chi connectivity index (χ3n) is 5.48. The second kappa shape index (κ2) is 12.5. The van der Waals surface area contributed by atoms with E-state index in [9.17, 15) is 0 Å². The molecule has 7 heteroatoms. The lowest BCUT2D eigenvalue weighted by Crippen LogP contribution is -2.38. The van der Waals surface area contributed by atoms with E-state index < -0.39 is 0 Å². The summed E-state index contributed by atoms with van der Waals surface area (Å²) in [5, 5.41) is 7.41. The average Bonchev–Trinajstić information content (AvgIpc) is 2.81. The van der Waals surface area contributed by atoms with Gasteiger partial charge >= 0.3 is 0 Å². The normalized spacial score (nSPS) is 15.2. The Labute approximate surface area is 190 Å². The van der Waals surface area contributed by atoms with Crippen LogP contribution in [0.2, 0.25) is 5.02 Å². The number of benzene rings is 2. The highest BCUT2D eigenvalue weighted by molar-refractivity contribution is 6.30. The average molecular weight is 445 g/mol. The Morgan fingerprint density at radius 2 is 1.81 bits per heavy atom. The number of nitrogens with one attached hydrogen (secondary N) is 2. The summed E-state index contributed by atoms with van der Waals surface area (Å²) in [5.74, 6) is 1.64. The van der Waals surface area contributed by atoms with Gasteiger partial charge in [-0.15, -0.1) is 0 Å². The van der Waals surface area contributed by atoms with Crippen LogP contribution in [0.25, 0.3) is 0 Å². The van der Waals surface area contributed by atoms with Gasteiger partial charge in [0.25, 0.3) is 0 Å². The molecule has 1 fully saturated rings. The molecule has 1 saturated heterocycles. The molecule has 0 aliphatic carbocycles. The quantitative estimate of drug-likeness (QED) is 0.456. The van der Waals surface area contributed by atoms with Gasteiger partial charge in [-0.05, 0) is 55.3 Å². The Morgan fingerprint density at radius 1 is 1.10 bits per heavy atom. The number of nitrogens with zero attached hydrogens (tertiary/aromatic N) is 2. The molecule has 1 heterocycles. The lowest BCUT2D eigenvalue weighted by Gasteiger charge is -2.31. The first-order chi connectivity index (χ1) is 15.1. The molecule has 2 aromatic rings. The Balaban J connectivity index is 1.41. The minimum atomic E-state index is 0.597. The minimum Gasteiger partial charge on any atom is -0.492 e. The summed E-state index contributed by atoms with van der Waals surface area (Å²) < 4.78 is 11.4. The highest BCUT2D eigenvalue weighted by Crippen LogP contribution is 2.15. The number of hydrogen-bond donors (Lipinski definition) is 2. The smallest absolute Gasteiger partial charge is 0.191 e. The molecule has 0 radical (unpaired) electrons. The van der Waals surface area contributed by atoms with Gasteiger partial charge in [0.2, 0.25) is 0 Å². The highest BCUT2D eigenvalue weighted by Gasteiger charge is 2.17. The van der Waals surface area contributed by atoms with E-state index >= 15 is 0 Å². The van der Waals surface area contributed by atoms with Crippen LogP contribution in [0.1, 0.15) is 24.0 Å². The van der Waals surface area contributed by atoms with Crippen molar-refractivity contribution >= 4 is 17.6 Å². The summed E-state index contributed by atoms with van der Waals surface area (Å²) >= 11 is 5.94.